The maximum absolute atomic E-state index is 12.9. The molecule has 1 N–H and O–H groups in total. The van der Waals surface area contributed by atoms with Gasteiger partial charge in [-0.3, -0.25) is 4.79 Å². The summed E-state index contributed by atoms with van der Waals surface area (Å²) in [7, 11) is 1.71. The molecule has 6 nitrogen and oxygen atoms in total. The maximum atomic E-state index is 12.9. The Balaban J connectivity index is 1.50. The Morgan fingerprint density at radius 3 is 3.28 bits per heavy atom. The highest BCUT2D eigenvalue weighted by molar-refractivity contribution is 7.17. The molecule has 0 bridgehead atoms. The van der Waals surface area contributed by atoms with Crippen molar-refractivity contribution >= 4 is 27.5 Å². The second kappa shape index (κ2) is 7.01. The number of thiophene rings is 1. The SMILES string of the molecule is COCCn1ccnc1[C@@H]1CCCN(C(=O)c2cc3sccc3[nH]2)C1. The number of aromatic nitrogens is 3. The summed E-state index contributed by atoms with van der Waals surface area (Å²) in [5, 5.41) is 2.03. The van der Waals surface area contributed by atoms with Crippen molar-refractivity contribution in [3.63, 3.8) is 0 Å². The second-order valence-corrected chi connectivity index (χ2v) is 7.39. The third-order valence-corrected chi connectivity index (χ3v) is 5.69. The molecule has 7 heteroatoms. The molecule has 0 radical (unpaired) electrons. The monoisotopic (exact) mass is 358 g/mol. The standard InChI is InChI=1S/C18H22N4O2S/c1-24-9-8-21-7-5-19-17(21)13-3-2-6-22(12-13)18(23)15-11-16-14(20-15)4-10-25-16/h4-5,7,10-11,13,20H,2-3,6,8-9,12H2,1H3/t13-/m1/s1. The van der Waals surface area contributed by atoms with E-state index in [-0.39, 0.29) is 11.8 Å². The Labute approximate surface area is 150 Å². The van der Waals surface area contributed by atoms with E-state index in [0.29, 0.717) is 12.3 Å². The van der Waals surface area contributed by atoms with Crippen molar-refractivity contribution in [3.8, 4) is 0 Å². The number of hydrogen-bond donors (Lipinski definition) is 1. The molecule has 1 atom stereocenters. The van der Waals surface area contributed by atoms with Gasteiger partial charge in [-0.1, -0.05) is 0 Å². The van der Waals surface area contributed by atoms with Crippen LogP contribution in [0.15, 0.2) is 29.9 Å². The van der Waals surface area contributed by atoms with Gasteiger partial charge in [-0.15, -0.1) is 11.3 Å². The lowest BCUT2D eigenvalue weighted by Gasteiger charge is -2.32. The first-order valence-corrected chi connectivity index (χ1v) is 9.49. The molecule has 0 saturated carbocycles. The number of piperidine rings is 1. The highest BCUT2D eigenvalue weighted by Gasteiger charge is 2.28. The van der Waals surface area contributed by atoms with E-state index < -0.39 is 0 Å². The van der Waals surface area contributed by atoms with Crippen molar-refractivity contribution in [1.29, 1.82) is 0 Å². The Hall–Kier alpha value is -2.12. The van der Waals surface area contributed by atoms with Crippen LogP contribution in [-0.4, -0.2) is 52.1 Å². The molecule has 1 amide bonds. The summed E-state index contributed by atoms with van der Waals surface area (Å²) in [6.07, 6.45) is 5.90. The predicted octanol–water partition coefficient (Wildman–Crippen LogP) is 3.09. The Morgan fingerprint density at radius 1 is 1.52 bits per heavy atom. The van der Waals surface area contributed by atoms with Gasteiger partial charge in [0.05, 0.1) is 16.8 Å². The van der Waals surface area contributed by atoms with E-state index in [9.17, 15) is 4.79 Å². The zero-order valence-corrected chi connectivity index (χ0v) is 15.1. The quantitative estimate of drug-likeness (QED) is 0.762. The lowest BCUT2D eigenvalue weighted by Crippen LogP contribution is -2.40. The molecule has 4 heterocycles. The minimum Gasteiger partial charge on any atom is -0.383 e. The van der Waals surface area contributed by atoms with Crippen LogP contribution in [-0.2, 0) is 11.3 Å². The fraction of sp³-hybridized carbons (Fsp3) is 0.444. The number of fused-ring (bicyclic) bond motifs is 1. The van der Waals surface area contributed by atoms with Crippen LogP contribution in [0.5, 0.6) is 0 Å². The van der Waals surface area contributed by atoms with Crippen LogP contribution in [0.2, 0.25) is 0 Å². The lowest BCUT2D eigenvalue weighted by atomic mass is 9.97. The number of hydrogen-bond acceptors (Lipinski definition) is 4. The van der Waals surface area contributed by atoms with Crippen molar-refractivity contribution in [2.24, 2.45) is 0 Å². The molecule has 0 spiro atoms. The van der Waals surface area contributed by atoms with E-state index in [0.717, 1.165) is 48.5 Å². The number of H-pyrrole nitrogens is 1. The van der Waals surface area contributed by atoms with Crippen LogP contribution < -0.4 is 0 Å². The number of aromatic amines is 1. The smallest absolute Gasteiger partial charge is 0.270 e. The number of nitrogens with zero attached hydrogens (tertiary/aromatic N) is 3. The molecule has 1 aliphatic rings. The molecular formula is C18H22N4O2S. The highest BCUT2D eigenvalue weighted by atomic mass is 32.1. The second-order valence-electron chi connectivity index (χ2n) is 6.44. The van der Waals surface area contributed by atoms with E-state index in [1.807, 2.05) is 34.8 Å². The van der Waals surface area contributed by atoms with Gasteiger partial charge in [-0.05, 0) is 30.4 Å². The Morgan fingerprint density at radius 2 is 2.44 bits per heavy atom. The zero-order valence-electron chi connectivity index (χ0n) is 14.3. The molecule has 1 saturated heterocycles. The van der Waals surface area contributed by atoms with Crippen LogP contribution >= 0.6 is 11.3 Å². The van der Waals surface area contributed by atoms with Crippen molar-refractivity contribution in [2.45, 2.75) is 25.3 Å². The van der Waals surface area contributed by atoms with Gasteiger partial charge in [0, 0.05) is 45.1 Å². The van der Waals surface area contributed by atoms with Gasteiger partial charge in [0.2, 0.25) is 0 Å². The van der Waals surface area contributed by atoms with Crippen molar-refractivity contribution in [3.05, 3.63) is 41.4 Å². The van der Waals surface area contributed by atoms with Crippen LogP contribution in [0.1, 0.15) is 35.1 Å². The van der Waals surface area contributed by atoms with Gasteiger partial charge in [0.15, 0.2) is 0 Å². The molecule has 1 fully saturated rings. The Bertz CT molecular complexity index is 837. The van der Waals surface area contributed by atoms with E-state index in [1.54, 1.807) is 18.4 Å². The molecule has 132 valence electrons. The molecular weight excluding hydrogens is 336 g/mol. The number of amides is 1. The number of likely N-dealkylation sites (tertiary alicyclic amines) is 1. The summed E-state index contributed by atoms with van der Waals surface area (Å²) in [6, 6.07) is 3.98. The summed E-state index contributed by atoms with van der Waals surface area (Å²) in [6.45, 7) is 2.98. The number of carbonyl (C=O) groups excluding carboxylic acids is 1. The Kier molecular flexibility index (Phi) is 4.59. The summed E-state index contributed by atoms with van der Waals surface area (Å²) in [5.41, 5.74) is 1.72. The minimum atomic E-state index is 0.0862. The normalized spacial score (nSPS) is 18.1. The first-order chi connectivity index (χ1) is 12.3. The summed E-state index contributed by atoms with van der Waals surface area (Å²) < 4.78 is 8.46. The number of carbonyl (C=O) groups is 1. The average molecular weight is 358 g/mol. The molecule has 3 aromatic rings. The average Bonchev–Trinajstić information content (AvgIpc) is 3.34. The van der Waals surface area contributed by atoms with Gasteiger partial charge in [0.25, 0.3) is 5.91 Å². The number of ether oxygens (including phenoxy) is 1. The topological polar surface area (TPSA) is 63.1 Å². The third-order valence-electron chi connectivity index (χ3n) is 4.83. The van der Waals surface area contributed by atoms with Crippen LogP contribution in [0, 0.1) is 0 Å². The summed E-state index contributed by atoms with van der Waals surface area (Å²) in [4.78, 5) is 22.6. The molecule has 1 aliphatic heterocycles. The number of nitrogens with one attached hydrogen (secondary N) is 1. The largest absolute Gasteiger partial charge is 0.383 e. The number of rotatable bonds is 5. The fourth-order valence-electron chi connectivity index (χ4n) is 3.57. The van der Waals surface area contributed by atoms with Crippen molar-refractivity contribution in [1.82, 2.24) is 19.4 Å². The third kappa shape index (κ3) is 3.21. The summed E-state index contributed by atoms with van der Waals surface area (Å²) in [5.74, 6) is 1.42. The number of imidazole rings is 1. The van der Waals surface area contributed by atoms with Gasteiger partial charge in [0.1, 0.15) is 11.5 Å². The van der Waals surface area contributed by atoms with E-state index in [2.05, 4.69) is 14.5 Å². The van der Waals surface area contributed by atoms with Gasteiger partial charge in [-0.25, -0.2) is 4.98 Å². The van der Waals surface area contributed by atoms with E-state index in [1.165, 1.54) is 0 Å². The molecule has 0 unspecified atom stereocenters. The molecule has 0 aliphatic carbocycles. The molecule has 3 aromatic heterocycles. The van der Waals surface area contributed by atoms with E-state index in [4.69, 9.17) is 4.74 Å². The zero-order chi connectivity index (χ0) is 17.2. The van der Waals surface area contributed by atoms with Crippen molar-refractivity contribution < 1.29 is 9.53 Å². The molecule has 4 rings (SSSR count). The maximum Gasteiger partial charge on any atom is 0.270 e. The highest BCUT2D eigenvalue weighted by Crippen LogP contribution is 2.28. The van der Waals surface area contributed by atoms with Gasteiger partial charge >= 0.3 is 0 Å². The number of methoxy groups -OCH3 is 1. The predicted molar refractivity (Wildman–Crippen MR) is 98.2 cm³/mol. The van der Waals surface area contributed by atoms with Crippen molar-refractivity contribution in [2.75, 3.05) is 26.8 Å². The summed E-state index contributed by atoms with van der Waals surface area (Å²) >= 11 is 1.65. The molecule has 0 aromatic carbocycles. The van der Waals surface area contributed by atoms with Gasteiger partial charge < -0.3 is 19.2 Å². The minimum absolute atomic E-state index is 0.0862. The van der Waals surface area contributed by atoms with Crippen LogP contribution in [0.4, 0.5) is 0 Å². The first-order valence-electron chi connectivity index (χ1n) is 8.61. The van der Waals surface area contributed by atoms with Gasteiger partial charge in [-0.2, -0.15) is 0 Å². The first kappa shape index (κ1) is 16.4. The van der Waals surface area contributed by atoms with Crippen LogP contribution in [0.25, 0.3) is 10.2 Å². The van der Waals surface area contributed by atoms with E-state index >= 15 is 0 Å². The molecule has 25 heavy (non-hydrogen) atoms. The lowest BCUT2D eigenvalue weighted by molar-refractivity contribution is 0.0697. The van der Waals surface area contributed by atoms with Crippen LogP contribution in [0.3, 0.4) is 0 Å². The fourth-order valence-corrected chi connectivity index (χ4v) is 4.35.